The van der Waals surface area contributed by atoms with Gasteiger partial charge in [-0.05, 0) is 20.3 Å². The maximum atomic E-state index is 3.37. The molecule has 0 amide bonds. The van der Waals surface area contributed by atoms with Crippen molar-refractivity contribution in [3.05, 3.63) is 23.4 Å². The summed E-state index contributed by atoms with van der Waals surface area (Å²) in [4.78, 5) is 2.51. The van der Waals surface area contributed by atoms with Gasteiger partial charge in [-0.25, -0.2) is 0 Å². The first kappa shape index (κ1) is 13.3. The topological polar surface area (TPSA) is 27.3 Å². The molecule has 1 heterocycles. The lowest BCUT2D eigenvalue weighted by atomic mass is 10.2. The first-order chi connectivity index (χ1) is 7.72. The lowest BCUT2D eigenvalue weighted by Gasteiger charge is -2.27. The van der Waals surface area contributed by atoms with Crippen LogP contribution in [0.3, 0.4) is 0 Å². The zero-order valence-corrected chi connectivity index (χ0v) is 10.8. The smallest absolute Gasteiger partial charge is 0.0191 e. The van der Waals surface area contributed by atoms with E-state index in [1.807, 2.05) is 7.05 Å². The van der Waals surface area contributed by atoms with Gasteiger partial charge in [-0.3, -0.25) is 4.90 Å². The average molecular weight is 223 g/mol. The minimum atomic E-state index is 1.03. The van der Waals surface area contributed by atoms with Crippen molar-refractivity contribution in [2.45, 2.75) is 20.3 Å². The van der Waals surface area contributed by atoms with Crippen LogP contribution in [0, 0.1) is 0 Å². The molecule has 1 rings (SSSR count). The zero-order chi connectivity index (χ0) is 11.8. The van der Waals surface area contributed by atoms with Gasteiger partial charge in [-0.15, -0.1) is 0 Å². The van der Waals surface area contributed by atoms with Crippen LogP contribution in [-0.2, 0) is 0 Å². The van der Waals surface area contributed by atoms with Gasteiger partial charge in [0.1, 0.15) is 0 Å². The lowest BCUT2D eigenvalue weighted by molar-refractivity contribution is 0.259. The molecule has 1 fully saturated rings. The van der Waals surface area contributed by atoms with Crippen LogP contribution in [0.5, 0.6) is 0 Å². The van der Waals surface area contributed by atoms with Crippen LogP contribution in [-0.4, -0.2) is 44.7 Å². The number of nitrogens with one attached hydrogen (secondary N) is 2. The number of piperazine rings is 1. The molecule has 0 bridgehead atoms. The summed E-state index contributed by atoms with van der Waals surface area (Å²) < 4.78 is 0. The maximum Gasteiger partial charge on any atom is 0.0191 e. The Balaban J connectivity index is 2.27. The van der Waals surface area contributed by atoms with E-state index in [2.05, 4.69) is 41.5 Å². The minimum absolute atomic E-state index is 1.03. The van der Waals surface area contributed by atoms with Crippen molar-refractivity contribution in [1.82, 2.24) is 15.5 Å². The van der Waals surface area contributed by atoms with Crippen LogP contribution >= 0.6 is 0 Å². The molecule has 0 aliphatic carbocycles. The third-order valence-corrected chi connectivity index (χ3v) is 2.97. The second-order valence-corrected chi connectivity index (χ2v) is 4.45. The minimum Gasteiger partial charge on any atom is -0.392 e. The number of rotatable bonds is 5. The molecule has 0 spiro atoms. The molecule has 3 nitrogen and oxygen atoms in total. The van der Waals surface area contributed by atoms with E-state index >= 15 is 0 Å². The fourth-order valence-electron chi connectivity index (χ4n) is 1.83. The summed E-state index contributed by atoms with van der Waals surface area (Å²) in [5.74, 6) is 0. The van der Waals surface area contributed by atoms with Crippen molar-refractivity contribution in [3.63, 3.8) is 0 Å². The van der Waals surface area contributed by atoms with Gasteiger partial charge in [0.25, 0.3) is 0 Å². The fourth-order valence-corrected chi connectivity index (χ4v) is 1.83. The van der Waals surface area contributed by atoms with E-state index in [1.54, 1.807) is 0 Å². The molecule has 1 aliphatic rings. The lowest BCUT2D eigenvalue weighted by Crippen LogP contribution is -2.43. The molecule has 0 saturated carbocycles. The third-order valence-electron chi connectivity index (χ3n) is 2.97. The summed E-state index contributed by atoms with van der Waals surface area (Å²) in [6, 6.07) is 0. The Bertz CT molecular complexity index is 250. The Morgan fingerprint density at radius 2 is 1.94 bits per heavy atom. The molecule has 3 heteroatoms. The van der Waals surface area contributed by atoms with Crippen molar-refractivity contribution < 1.29 is 0 Å². The first-order valence-electron chi connectivity index (χ1n) is 6.15. The molecular formula is C13H25N3. The Kier molecular flexibility index (Phi) is 6.19. The van der Waals surface area contributed by atoms with E-state index in [4.69, 9.17) is 0 Å². The van der Waals surface area contributed by atoms with Gasteiger partial charge >= 0.3 is 0 Å². The number of nitrogens with zero attached hydrogens (tertiary/aromatic N) is 1. The van der Waals surface area contributed by atoms with Gasteiger partial charge in [0, 0.05) is 45.5 Å². The van der Waals surface area contributed by atoms with E-state index in [0.29, 0.717) is 0 Å². The zero-order valence-electron chi connectivity index (χ0n) is 10.8. The molecule has 0 aromatic rings. The monoisotopic (exact) mass is 223 g/mol. The molecular weight excluding hydrogens is 198 g/mol. The van der Waals surface area contributed by atoms with Crippen molar-refractivity contribution >= 4 is 0 Å². The highest BCUT2D eigenvalue weighted by molar-refractivity contribution is 5.06. The van der Waals surface area contributed by atoms with Crippen LogP contribution in [0.4, 0.5) is 0 Å². The van der Waals surface area contributed by atoms with Gasteiger partial charge < -0.3 is 10.6 Å². The van der Waals surface area contributed by atoms with E-state index < -0.39 is 0 Å². The van der Waals surface area contributed by atoms with Gasteiger partial charge in [0.2, 0.25) is 0 Å². The molecule has 1 saturated heterocycles. The van der Waals surface area contributed by atoms with Crippen molar-refractivity contribution in [2.24, 2.45) is 0 Å². The van der Waals surface area contributed by atoms with Crippen LogP contribution in [0.25, 0.3) is 0 Å². The van der Waals surface area contributed by atoms with E-state index in [0.717, 1.165) is 26.1 Å². The summed E-state index contributed by atoms with van der Waals surface area (Å²) in [5, 5.41) is 6.51. The second-order valence-electron chi connectivity index (χ2n) is 4.45. The summed E-state index contributed by atoms with van der Waals surface area (Å²) in [6.45, 7) is 10.1. The molecule has 0 unspecified atom stereocenters. The third kappa shape index (κ3) is 5.33. The predicted octanol–water partition coefficient (Wildman–Crippen LogP) is 1.35. The Labute approximate surface area is 99.6 Å². The first-order valence-corrected chi connectivity index (χ1v) is 6.15. The highest BCUT2D eigenvalue weighted by Crippen LogP contribution is 2.02. The highest BCUT2D eigenvalue weighted by atomic mass is 15.2. The predicted molar refractivity (Wildman–Crippen MR) is 70.5 cm³/mol. The maximum absolute atomic E-state index is 3.37. The quantitative estimate of drug-likeness (QED) is 0.689. The van der Waals surface area contributed by atoms with E-state index in [9.17, 15) is 0 Å². The molecule has 2 N–H and O–H groups in total. The summed E-state index contributed by atoms with van der Waals surface area (Å²) in [7, 11) is 1.96. The van der Waals surface area contributed by atoms with Crippen molar-refractivity contribution in [2.75, 3.05) is 39.8 Å². The van der Waals surface area contributed by atoms with Crippen LogP contribution in [0.15, 0.2) is 23.4 Å². The SMILES string of the molecule is CN/C(C)=C\C/C=C(\C)CN1CCNCC1. The van der Waals surface area contributed by atoms with Crippen molar-refractivity contribution in [3.8, 4) is 0 Å². The van der Waals surface area contributed by atoms with Gasteiger partial charge in [0.05, 0.1) is 0 Å². The molecule has 92 valence electrons. The van der Waals surface area contributed by atoms with Gasteiger partial charge in [0.15, 0.2) is 0 Å². The second kappa shape index (κ2) is 7.47. The molecule has 0 aromatic carbocycles. The van der Waals surface area contributed by atoms with Crippen LogP contribution in [0.1, 0.15) is 20.3 Å². The van der Waals surface area contributed by atoms with Crippen molar-refractivity contribution in [1.29, 1.82) is 0 Å². The summed E-state index contributed by atoms with van der Waals surface area (Å²) in [6.07, 6.45) is 5.58. The number of hydrogen-bond donors (Lipinski definition) is 2. The number of hydrogen-bond acceptors (Lipinski definition) is 3. The molecule has 1 aliphatic heterocycles. The Morgan fingerprint density at radius 1 is 1.25 bits per heavy atom. The molecule has 0 aromatic heterocycles. The summed E-state index contributed by atoms with van der Waals surface area (Å²) in [5.41, 5.74) is 2.72. The Morgan fingerprint density at radius 3 is 2.56 bits per heavy atom. The molecule has 0 radical (unpaired) electrons. The number of allylic oxidation sites excluding steroid dienone is 3. The molecule has 16 heavy (non-hydrogen) atoms. The fraction of sp³-hybridized carbons (Fsp3) is 0.692. The summed E-state index contributed by atoms with van der Waals surface area (Å²) >= 11 is 0. The van der Waals surface area contributed by atoms with Gasteiger partial charge in [-0.1, -0.05) is 17.7 Å². The van der Waals surface area contributed by atoms with Crippen LogP contribution in [0.2, 0.25) is 0 Å². The van der Waals surface area contributed by atoms with E-state index in [-0.39, 0.29) is 0 Å². The largest absolute Gasteiger partial charge is 0.392 e. The normalized spacial score (nSPS) is 19.9. The van der Waals surface area contributed by atoms with Crippen LogP contribution < -0.4 is 10.6 Å². The standard InChI is InChI=1S/C13H25N3/c1-12(5-4-6-13(2)14-3)11-16-9-7-15-8-10-16/h5-6,14-15H,4,7-11H2,1-3H3/b12-5+,13-6-. The Hall–Kier alpha value is -0.800. The molecule has 0 atom stereocenters. The average Bonchev–Trinajstić information content (AvgIpc) is 2.30. The van der Waals surface area contributed by atoms with E-state index in [1.165, 1.54) is 24.4 Å². The van der Waals surface area contributed by atoms with Gasteiger partial charge in [-0.2, -0.15) is 0 Å². The highest BCUT2D eigenvalue weighted by Gasteiger charge is 2.08.